The normalized spacial score (nSPS) is 17.9. The molecule has 1 atom stereocenters. The summed E-state index contributed by atoms with van der Waals surface area (Å²) in [7, 11) is 0. The van der Waals surface area contributed by atoms with Gasteiger partial charge in [-0.15, -0.1) is 0 Å². The van der Waals surface area contributed by atoms with Crippen molar-refractivity contribution in [2.45, 2.75) is 58.8 Å². The molecule has 1 N–H and O–H groups in total. The van der Waals surface area contributed by atoms with Crippen molar-refractivity contribution < 1.29 is 24.2 Å². The Labute approximate surface area is 212 Å². The van der Waals surface area contributed by atoms with Crippen LogP contribution in [0, 0.1) is 0 Å². The standard InChI is InChI=1S/C27H28N2O6S/c1-4-17-18-11-16(34-9-6-10-36-15(3)30)7-8-22(18)28-24-19(17)13-29-23(24)12-21-20(25(29)31)14-35-26(32)27(21,33)5-2/h7-8,11-12,33H,4-6,9-10,13-14H2,1-3H3. The van der Waals surface area contributed by atoms with Crippen LogP contribution in [0.2, 0.25) is 0 Å². The molecule has 1 aromatic carbocycles. The van der Waals surface area contributed by atoms with E-state index in [2.05, 4.69) is 6.92 Å². The van der Waals surface area contributed by atoms with Crippen molar-refractivity contribution in [3.8, 4) is 17.1 Å². The van der Waals surface area contributed by atoms with Gasteiger partial charge in [-0.3, -0.25) is 9.59 Å². The Morgan fingerprint density at radius 2 is 2.06 bits per heavy atom. The lowest BCUT2D eigenvalue weighted by Crippen LogP contribution is -2.44. The van der Waals surface area contributed by atoms with Gasteiger partial charge in [0.1, 0.15) is 12.4 Å². The molecule has 5 rings (SSSR count). The number of pyridine rings is 2. The van der Waals surface area contributed by atoms with E-state index in [1.807, 2.05) is 18.2 Å². The number of aryl methyl sites for hydroxylation is 1. The average Bonchev–Trinajstić information content (AvgIpc) is 3.23. The summed E-state index contributed by atoms with van der Waals surface area (Å²) >= 11 is 1.30. The van der Waals surface area contributed by atoms with Crippen molar-refractivity contribution in [3.63, 3.8) is 0 Å². The van der Waals surface area contributed by atoms with Gasteiger partial charge in [-0.25, -0.2) is 9.78 Å². The van der Waals surface area contributed by atoms with Crippen molar-refractivity contribution in [2.75, 3.05) is 12.4 Å². The number of thioether (sulfide) groups is 1. The summed E-state index contributed by atoms with van der Waals surface area (Å²) in [5.41, 5.74) is 2.67. The van der Waals surface area contributed by atoms with Crippen molar-refractivity contribution in [2.24, 2.45) is 0 Å². The summed E-state index contributed by atoms with van der Waals surface area (Å²) in [5, 5.41) is 12.1. The van der Waals surface area contributed by atoms with Gasteiger partial charge in [0.05, 0.1) is 35.6 Å². The van der Waals surface area contributed by atoms with Crippen LogP contribution < -0.4 is 10.3 Å². The number of nitrogens with zero attached hydrogens (tertiary/aromatic N) is 2. The number of fused-ring (bicyclic) bond motifs is 5. The highest BCUT2D eigenvalue weighted by molar-refractivity contribution is 8.13. The highest BCUT2D eigenvalue weighted by Crippen LogP contribution is 2.40. The van der Waals surface area contributed by atoms with E-state index in [9.17, 15) is 19.5 Å². The van der Waals surface area contributed by atoms with Gasteiger partial charge in [-0.2, -0.15) is 0 Å². The van der Waals surface area contributed by atoms with Crippen LogP contribution in [0.3, 0.4) is 0 Å². The first-order valence-electron chi connectivity index (χ1n) is 12.2. The van der Waals surface area contributed by atoms with Gasteiger partial charge in [0.2, 0.25) is 0 Å². The molecule has 36 heavy (non-hydrogen) atoms. The molecule has 4 heterocycles. The number of aliphatic hydroxyl groups is 1. The molecule has 188 valence electrons. The summed E-state index contributed by atoms with van der Waals surface area (Å²) in [6.07, 6.45) is 1.61. The Morgan fingerprint density at radius 3 is 2.78 bits per heavy atom. The van der Waals surface area contributed by atoms with Crippen LogP contribution in [0.4, 0.5) is 0 Å². The number of aromatic nitrogens is 2. The number of carbonyl (C=O) groups is 2. The molecule has 0 amide bonds. The number of cyclic esters (lactones) is 1. The predicted molar refractivity (Wildman–Crippen MR) is 137 cm³/mol. The van der Waals surface area contributed by atoms with Gasteiger partial charge >= 0.3 is 5.97 Å². The number of hydrogen-bond donors (Lipinski definition) is 1. The molecule has 0 radical (unpaired) electrons. The summed E-state index contributed by atoms with van der Waals surface area (Å²) in [4.78, 5) is 41.8. The van der Waals surface area contributed by atoms with Crippen LogP contribution in [0.1, 0.15) is 55.9 Å². The van der Waals surface area contributed by atoms with Crippen molar-refractivity contribution in [1.29, 1.82) is 0 Å². The van der Waals surface area contributed by atoms with E-state index in [0.717, 1.165) is 46.4 Å². The van der Waals surface area contributed by atoms with Gasteiger partial charge < -0.3 is 19.1 Å². The third-order valence-corrected chi connectivity index (χ3v) is 7.89. The molecular weight excluding hydrogens is 480 g/mol. The van der Waals surface area contributed by atoms with E-state index in [4.69, 9.17) is 14.5 Å². The second-order valence-corrected chi connectivity index (χ2v) is 10.4. The maximum absolute atomic E-state index is 13.4. The minimum atomic E-state index is -1.84. The van der Waals surface area contributed by atoms with Crippen LogP contribution >= 0.6 is 11.8 Å². The second kappa shape index (κ2) is 9.37. The summed E-state index contributed by atoms with van der Waals surface area (Å²) < 4.78 is 12.7. The van der Waals surface area contributed by atoms with Gasteiger partial charge in [0.15, 0.2) is 10.7 Å². The zero-order chi connectivity index (χ0) is 25.6. The molecule has 3 aromatic rings. The molecule has 1 unspecified atom stereocenters. The van der Waals surface area contributed by atoms with Crippen molar-refractivity contribution in [1.82, 2.24) is 9.55 Å². The fraction of sp³-hybridized carbons (Fsp3) is 0.407. The predicted octanol–water partition coefficient (Wildman–Crippen LogP) is 3.69. The van der Waals surface area contributed by atoms with E-state index in [0.29, 0.717) is 35.7 Å². The minimum absolute atomic E-state index is 0.104. The smallest absolute Gasteiger partial charge is 0.343 e. The number of ether oxygens (including phenoxy) is 2. The Kier molecular flexibility index (Phi) is 6.38. The number of benzene rings is 1. The largest absolute Gasteiger partial charge is 0.494 e. The van der Waals surface area contributed by atoms with Gasteiger partial charge in [0, 0.05) is 29.2 Å². The summed E-state index contributed by atoms with van der Waals surface area (Å²) in [6, 6.07) is 7.51. The lowest BCUT2D eigenvalue weighted by molar-refractivity contribution is -0.172. The number of rotatable bonds is 7. The molecule has 2 aromatic heterocycles. The van der Waals surface area contributed by atoms with E-state index in [-0.39, 0.29) is 23.7 Å². The fourth-order valence-corrected chi connectivity index (χ4v) is 5.65. The van der Waals surface area contributed by atoms with Crippen LogP contribution in [-0.4, -0.2) is 38.1 Å². The number of hydrogen-bond acceptors (Lipinski definition) is 8. The maximum Gasteiger partial charge on any atom is 0.343 e. The highest BCUT2D eigenvalue weighted by Gasteiger charge is 2.45. The summed E-state index contributed by atoms with van der Waals surface area (Å²) in [6.45, 7) is 6.06. The average molecular weight is 509 g/mol. The molecule has 0 bridgehead atoms. The Bertz CT molecular complexity index is 1460. The quantitative estimate of drug-likeness (QED) is 0.298. The van der Waals surface area contributed by atoms with Crippen LogP contribution in [0.5, 0.6) is 5.75 Å². The van der Waals surface area contributed by atoms with Gasteiger partial charge in [-0.1, -0.05) is 25.6 Å². The first-order valence-corrected chi connectivity index (χ1v) is 13.2. The van der Waals surface area contributed by atoms with Crippen molar-refractivity contribution in [3.05, 3.63) is 56.9 Å². The first-order chi connectivity index (χ1) is 17.3. The van der Waals surface area contributed by atoms with Crippen LogP contribution in [0.15, 0.2) is 29.1 Å². The van der Waals surface area contributed by atoms with Crippen LogP contribution in [-0.2, 0) is 39.5 Å². The minimum Gasteiger partial charge on any atom is -0.494 e. The highest BCUT2D eigenvalue weighted by atomic mass is 32.2. The fourth-order valence-electron chi connectivity index (χ4n) is 5.10. The third-order valence-electron chi connectivity index (χ3n) is 6.99. The molecule has 0 saturated heterocycles. The number of esters is 1. The van der Waals surface area contributed by atoms with E-state index < -0.39 is 11.6 Å². The molecule has 0 aliphatic carbocycles. The first kappa shape index (κ1) is 24.5. The Hall–Kier alpha value is -3.17. The molecule has 2 aliphatic heterocycles. The lowest BCUT2D eigenvalue weighted by atomic mass is 9.86. The van der Waals surface area contributed by atoms with E-state index in [1.54, 1.807) is 24.5 Å². The molecule has 0 spiro atoms. The molecule has 8 nitrogen and oxygen atoms in total. The third kappa shape index (κ3) is 3.90. The Balaban J connectivity index is 1.55. The van der Waals surface area contributed by atoms with E-state index >= 15 is 0 Å². The molecule has 0 fully saturated rings. The number of carbonyl (C=O) groups excluding carboxylic acids is 2. The second-order valence-electron chi connectivity index (χ2n) is 9.10. The Morgan fingerprint density at radius 1 is 1.25 bits per heavy atom. The van der Waals surface area contributed by atoms with Gasteiger partial charge in [0.25, 0.3) is 5.56 Å². The zero-order valence-corrected chi connectivity index (χ0v) is 21.4. The summed E-state index contributed by atoms with van der Waals surface area (Å²) in [5.74, 6) is 0.727. The zero-order valence-electron chi connectivity index (χ0n) is 20.6. The molecule has 9 heteroatoms. The lowest BCUT2D eigenvalue weighted by Gasteiger charge is -2.31. The van der Waals surface area contributed by atoms with E-state index in [1.165, 1.54) is 11.8 Å². The topological polar surface area (TPSA) is 108 Å². The SMILES string of the molecule is CCc1c2c(nc3ccc(OCCCSC(C)=O)cc13)-c1cc3c(c(=O)n1C2)COC(=O)C3(O)CC. The maximum atomic E-state index is 13.4. The van der Waals surface area contributed by atoms with Gasteiger partial charge in [-0.05, 0) is 49.1 Å². The monoisotopic (exact) mass is 508 g/mol. The molecule has 0 saturated carbocycles. The molecular formula is C27H28N2O6S. The van der Waals surface area contributed by atoms with Crippen molar-refractivity contribution >= 4 is 33.7 Å². The molecule has 2 aliphatic rings. The van der Waals surface area contributed by atoms with Crippen LogP contribution in [0.25, 0.3) is 22.3 Å².